The van der Waals surface area contributed by atoms with Crippen molar-refractivity contribution in [2.75, 3.05) is 11.1 Å². The molecule has 0 saturated heterocycles. The molecule has 0 unspecified atom stereocenters. The smallest absolute Gasteiger partial charge is 0.230 e. The number of nitrogen functional groups attached to an aromatic ring is 1. The first-order valence-corrected chi connectivity index (χ1v) is 8.09. The quantitative estimate of drug-likeness (QED) is 0.789. The monoisotopic (exact) mass is 338 g/mol. The summed E-state index contributed by atoms with van der Waals surface area (Å²) in [6.45, 7) is 4.37. The number of hydrogen-bond donors (Lipinski definition) is 2. The fourth-order valence-corrected chi connectivity index (χ4v) is 3.49. The van der Waals surface area contributed by atoms with Crippen molar-refractivity contribution in [3.63, 3.8) is 0 Å². The molecule has 3 nitrogen and oxygen atoms in total. The van der Waals surface area contributed by atoms with E-state index in [1.165, 1.54) is 0 Å². The Morgan fingerprint density at radius 3 is 2.60 bits per heavy atom. The Morgan fingerprint density at radius 2 is 2.05 bits per heavy atom. The van der Waals surface area contributed by atoms with E-state index in [1.54, 1.807) is 6.07 Å². The van der Waals surface area contributed by atoms with E-state index in [4.69, 9.17) is 5.73 Å². The lowest BCUT2D eigenvalue weighted by Crippen LogP contribution is -2.35. The molecule has 1 aliphatic carbocycles. The topological polar surface area (TPSA) is 55.1 Å². The third kappa shape index (κ3) is 3.35. The average molecular weight is 339 g/mol. The first-order valence-electron chi connectivity index (χ1n) is 7.29. The predicted molar refractivity (Wildman–Crippen MR) is 87.5 cm³/mol. The van der Waals surface area contributed by atoms with Gasteiger partial charge in [0.25, 0.3) is 0 Å². The minimum absolute atomic E-state index is 0.158. The van der Waals surface area contributed by atoms with Crippen molar-refractivity contribution >= 4 is 33.2 Å². The molecule has 0 heterocycles. The lowest BCUT2D eigenvalue weighted by atomic mass is 9.77. The van der Waals surface area contributed by atoms with Gasteiger partial charge < -0.3 is 11.1 Å². The van der Waals surface area contributed by atoms with Gasteiger partial charge in [-0.25, -0.2) is 0 Å². The number of halogens is 1. The number of amides is 1. The van der Waals surface area contributed by atoms with Crippen molar-refractivity contribution in [2.24, 2.45) is 11.3 Å². The van der Waals surface area contributed by atoms with Crippen LogP contribution < -0.4 is 11.1 Å². The summed E-state index contributed by atoms with van der Waals surface area (Å²) in [7, 11) is 0. The van der Waals surface area contributed by atoms with Crippen LogP contribution in [0.15, 0.2) is 22.7 Å². The molecule has 1 aromatic rings. The standard InChI is InChI=1S/C16H23BrN2O/c1-11(2)10-16(7-3-4-8-16)15(20)19-12-5-6-13(17)14(18)9-12/h5-6,9,11H,3-4,7-8,10,18H2,1-2H3,(H,19,20). The van der Waals surface area contributed by atoms with Crippen molar-refractivity contribution in [1.82, 2.24) is 0 Å². The van der Waals surface area contributed by atoms with Gasteiger partial charge >= 0.3 is 0 Å². The fraction of sp³-hybridized carbons (Fsp3) is 0.562. The van der Waals surface area contributed by atoms with E-state index >= 15 is 0 Å². The van der Waals surface area contributed by atoms with Crippen molar-refractivity contribution in [3.8, 4) is 0 Å². The van der Waals surface area contributed by atoms with Crippen LogP contribution in [0.2, 0.25) is 0 Å². The molecule has 1 fully saturated rings. The van der Waals surface area contributed by atoms with Gasteiger partial charge in [-0.05, 0) is 59.3 Å². The maximum Gasteiger partial charge on any atom is 0.230 e. The van der Waals surface area contributed by atoms with E-state index in [-0.39, 0.29) is 11.3 Å². The molecule has 0 aromatic heterocycles. The molecule has 4 heteroatoms. The van der Waals surface area contributed by atoms with Crippen LogP contribution >= 0.6 is 15.9 Å². The zero-order valence-corrected chi connectivity index (χ0v) is 13.8. The Balaban J connectivity index is 2.14. The van der Waals surface area contributed by atoms with Crippen LogP contribution in [0.4, 0.5) is 11.4 Å². The zero-order valence-electron chi connectivity index (χ0n) is 12.2. The summed E-state index contributed by atoms with van der Waals surface area (Å²) in [6.07, 6.45) is 5.28. The van der Waals surface area contributed by atoms with E-state index in [1.807, 2.05) is 12.1 Å². The van der Waals surface area contributed by atoms with Crippen LogP contribution in [0.5, 0.6) is 0 Å². The lowest BCUT2D eigenvalue weighted by molar-refractivity contribution is -0.126. The lowest BCUT2D eigenvalue weighted by Gasteiger charge is -2.29. The predicted octanol–water partition coefficient (Wildman–Crippen LogP) is 4.58. The van der Waals surface area contributed by atoms with Crippen LogP contribution in [0.25, 0.3) is 0 Å². The number of nitrogens with two attached hydrogens (primary N) is 1. The third-order valence-electron chi connectivity index (χ3n) is 4.10. The molecule has 1 amide bonds. The van der Waals surface area contributed by atoms with Gasteiger partial charge in [-0.1, -0.05) is 26.7 Å². The van der Waals surface area contributed by atoms with Crippen molar-refractivity contribution < 1.29 is 4.79 Å². The maximum absolute atomic E-state index is 12.7. The minimum Gasteiger partial charge on any atom is -0.398 e. The highest BCUT2D eigenvalue weighted by atomic mass is 79.9. The molecule has 1 saturated carbocycles. The van der Waals surface area contributed by atoms with Crippen molar-refractivity contribution in [2.45, 2.75) is 46.0 Å². The van der Waals surface area contributed by atoms with E-state index in [0.717, 1.165) is 42.3 Å². The third-order valence-corrected chi connectivity index (χ3v) is 4.82. The molecule has 0 aliphatic heterocycles. The summed E-state index contributed by atoms with van der Waals surface area (Å²) in [6, 6.07) is 5.56. The van der Waals surface area contributed by atoms with Crippen molar-refractivity contribution in [1.29, 1.82) is 0 Å². The highest BCUT2D eigenvalue weighted by Crippen LogP contribution is 2.44. The van der Waals surface area contributed by atoms with Gasteiger partial charge in [0.2, 0.25) is 5.91 Å². The van der Waals surface area contributed by atoms with Gasteiger partial charge in [-0.3, -0.25) is 4.79 Å². The van der Waals surface area contributed by atoms with Gasteiger partial charge in [-0.15, -0.1) is 0 Å². The molecule has 3 N–H and O–H groups in total. The number of rotatable bonds is 4. The highest BCUT2D eigenvalue weighted by molar-refractivity contribution is 9.10. The summed E-state index contributed by atoms with van der Waals surface area (Å²) >= 11 is 3.37. The summed E-state index contributed by atoms with van der Waals surface area (Å²) < 4.78 is 0.855. The summed E-state index contributed by atoms with van der Waals surface area (Å²) in [5, 5.41) is 3.06. The average Bonchev–Trinajstić information content (AvgIpc) is 2.83. The molecule has 2 rings (SSSR count). The molecule has 1 aliphatic rings. The Labute approximate surface area is 129 Å². The van der Waals surface area contributed by atoms with E-state index in [9.17, 15) is 4.79 Å². The molecular formula is C16H23BrN2O. The number of anilines is 2. The Kier molecular flexibility index (Phi) is 4.74. The first-order chi connectivity index (χ1) is 9.43. The summed E-state index contributed by atoms with van der Waals surface area (Å²) in [4.78, 5) is 12.7. The molecule has 0 radical (unpaired) electrons. The summed E-state index contributed by atoms with van der Waals surface area (Å²) in [5.41, 5.74) is 7.11. The minimum atomic E-state index is -0.185. The molecule has 0 atom stereocenters. The van der Waals surface area contributed by atoms with Crippen LogP contribution in [-0.2, 0) is 4.79 Å². The van der Waals surface area contributed by atoms with Crippen LogP contribution in [0, 0.1) is 11.3 Å². The maximum atomic E-state index is 12.7. The van der Waals surface area contributed by atoms with Gasteiger partial charge in [0, 0.05) is 21.3 Å². The summed E-state index contributed by atoms with van der Waals surface area (Å²) in [5.74, 6) is 0.694. The number of carbonyl (C=O) groups excluding carboxylic acids is 1. The van der Waals surface area contributed by atoms with Gasteiger partial charge in [0.15, 0.2) is 0 Å². The van der Waals surface area contributed by atoms with Crippen LogP contribution in [-0.4, -0.2) is 5.91 Å². The molecule has 20 heavy (non-hydrogen) atoms. The van der Waals surface area contributed by atoms with Gasteiger partial charge in [-0.2, -0.15) is 0 Å². The van der Waals surface area contributed by atoms with E-state index < -0.39 is 0 Å². The molecule has 0 spiro atoms. The Hall–Kier alpha value is -1.03. The number of nitrogens with one attached hydrogen (secondary N) is 1. The van der Waals surface area contributed by atoms with E-state index in [0.29, 0.717) is 11.6 Å². The fourth-order valence-electron chi connectivity index (χ4n) is 3.24. The first kappa shape index (κ1) is 15.4. The number of carbonyl (C=O) groups is 1. The second kappa shape index (κ2) is 6.17. The normalized spacial score (nSPS) is 17.4. The molecule has 1 aromatic carbocycles. The van der Waals surface area contributed by atoms with Crippen LogP contribution in [0.1, 0.15) is 46.0 Å². The molecule has 110 valence electrons. The van der Waals surface area contributed by atoms with Crippen LogP contribution in [0.3, 0.4) is 0 Å². The second-order valence-corrected chi connectivity index (χ2v) is 7.13. The second-order valence-electron chi connectivity index (χ2n) is 6.28. The van der Waals surface area contributed by atoms with Gasteiger partial charge in [0.05, 0.1) is 0 Å². The number of hydrogen-bond acceptors (Lipinski definition) is 2. The SMILES string of the molecule is CC(C)CC1(C(=O)Nc2ccc(Br)c(N)c2)CCCC1. The largest absolute Gasteiger partial charge is 0.398 e. The Bertz CT molecular complexity index is 493. The zero-order chi connectivity index (χ0) is 14.8. The number of benzene rings is 1. The van der Waals surface area contributed by atoms with Gasteiger partial charge in [0.1, 0.15) is 0 Å². The van der Waals surface area contributed by atoms with E-state index in [2.05, 4.69) is 35.1 Å². The molecular weight excluding hydrogens is 316 g/mol. The molecule has 0 bridgehead atoms. The Morgan fingerprint density at radius 1 is 1.40 bits per heavy atom. The highest BCUT2D eigenvalue weighted by Gasteiger charge is 2.41. The van der Waals surface area contributed by atoms with Crippen molar-refractivity contribution in [3.05, 3.63) is 22.7 Å².